The molecule has 4 nitrogen and oxygen atoms in total. The molecule has 0 aliphatic heterocycles. The highest BCUT2D eigenvalue weighted by atomic mass is 35.5. The largest absolute Gasteiger partial charge is 0.347 e. The van der Waals surface area contributed by atoms with Crippen molar-refractivity contribution in [3.63, 3.8) is 0 Å². The predicted octanol–water partition coefficient (Wildman–Crippen LogP) is 2.35. The first-order valence-corrected chi connectivity index (χ1v) is 5.76. The molecule has 0 atom stereocenters. The standard InChI is InChI=1S/C13H12ClN3O/c1-10(14)7-15-13(18)11-8-16-17(9-11)12-5-3-2-4-6-12/h2-6,8-9H,1,7H2,(H,15,18). The molecule has 1 aromatic heterocycles. The van der Waals surface area contributed by atoms with E-state index < -0.39 is 0 Å². The number of nitrogens with zero attached hydrogens (tertiary/aromatic N) is 2. The van der Waals surface area contributed by atoms with Gasteiger partial charge in [-0.25, -0.2) is 4.68 Å². The molecular formula is C13H12ClN3O. The molecule has 1 N–H and O–H groups in total. The number of halogens is 1. The Balaban J connectivity index is 2.11. The Morgan fingerprint density at radius 2 is 2.11 bits per heavy atom. The van der Waals surface area contributed by atoms with Crippen LogP contribution in [0.2, 0.25) is 0 Å². The molecule has 0 saturated carbocycles. The second kappa shape index (κ2) is 5.51. The Kier molecular flexibility index (Phi) is 3.79. The minimum atomic E-state index is -0.223. The van der Waals surface area contributed by atoms with E-state index >= 15 is 0 Å². The quantitative estimate of drug-likeness (QED) is 0.918. The number of aromatic nitrogens is 2. The van der Waals surface area contributed by atoms with Crippen LogP contribution in [-0.2, 0) is 0 Å². The number of para-hydroxylation sites is 1. The van der Waals surface area contributed by atoms with Gasteiger partial charge in [0, 0.05) is 11.2 Å². The van der Waals surface area contributed by atoms with Gasteiger partial charge in [0.25, 0.3) is 5.91 Å². The molecule has 5 heteroatoms. The molecule has 0 spiro atoms. The van der Waals surface area contributed by atoms with Gasteiger partial charge in [0.2, 0.25) is 0 Å². The van der Waals surface area contributed by atoms with Gasteiger partial charge in [-0.15, -0.1) is 0 Å². The SMILES string of the molecule is C=C(Cl)CNC(=O)c1cnn(-c2ccccc2)c1. The smallest absolute Gasteiger partial charge is 0.254 e. The minimum absolute atomic E-state index is 0.223. The highest BCUT2D eigenvalue weighted by Crippen LogP contribution is 2.07. The Hall–Kier alpha value is -2.07. The molecule has 0 unspecified atom stereocenters. The molecule has 92 valence electrons. The van der Waals surface area contributed by atoms with Crippen LogP contribution >= 0.6 is 11.6 Å². The first-order chi connectivity index (χ1) is 8.66. The van der Waals surface area contributed by atoms with E-state index in [1.54, 1.807) is 10.9 Å². The van der Waals surface area contributed by atoms with Crippen molar-refractivity contribution in [1.29, 1.82) is 0 Å². The van der Waals surface area contributed by atoms with E-state index in [0.29, 0.717) is 10.6 Å². The second-order valence-corrected chi connectivity index (χ2v) is 4.24. The Morgan fingerprint density at radius 1 is 1.39 bits per heavy atom. The van der Waals surface area contributed by atoms with Gasteiger partial charge in [0.1, 0.15) is 0 Å². The van der Waals surface area contributed by atoms with Crippen molar-refractivity contribution in [2.24, 2.45) is 0 Å². The summed E-state index contributed by atoms with van der Waals surface area (Å²) in [6.07, 6.45) is 3.18. The molecule has 1 amide bonds. The van der Waals surface area contributed by atoms with Crippen molar-refractivity contribution in [1.82, 2.24) is 15.1 Å². The first-order valence-electron chi connectivity index (χ1n) is 5.38. The topological polar surface area (TPSA) is 46.9 Å². The number of rotatable bonds is 4. The maximum atomic E-state index is 11.7. The zero-order chi connectivity index (χ0) is 13.0. The maximum Gasteiger partial charge on any atom is 0.254 e. The third-order valence-electron chi connectivity index (χ3n) is 2.31. The minimum Gasteiger partial charge on any atom is -0.347 e. The number of hydrogen-bond acceptors (Lipinski definition) is 2. The highest BCUT2D eigenvalue weighted by Gasteiger charge is 2.08. The number of amides is 1. The van der Waals surface area contributed by atoms with Crippen molar-refractivity contribution >= 4 is 17.5 Å². The lowest BCUT2D eigenvalue weighted by atomic mass is 10.3. The van der Waals surface area contributed by atoms with Gasteiger partial charge >= 0.3 is 0 Å². The molecular weight excluding hydrogens is 250 g/mol. The van der Waals surface area contributed by atoms with Gasteiger partial charge in [-0.3, -0.25) is 4.79 Å². The molecule has 0 bridgehead atoms. The van der Waals surface area contributed by atoms with Crippen LogP contribution in [0.15, 0.2) is 54.3 Å². The van der Waals surface area contributed by atoms with Crippen molar-refractivity contribution in [3.8, 4) is 5.69 Å². The van der Waals surface area contributed by atoms with Crippen LogP contribution in [0.5, 0.6) is 0 Å². The molecule has 0 radical (unpaired) electrons. The van der Waals surface area contributed by atoms with Crippen molar-refractivity contribution in [3.05, 3.63) is 59.9 Å². The fraction of sp³-hybridized carbons (Fsp3) is 0.0769. The van der Waals surface area contributed by atoms with E-state index in [2.05, 4.69) is 17.0 Å². The number of nitrogens with one attached hydrogen (secondary N) is 1. The number of carbonyl (C=O) groups excluding carboxylic acids is 1. The van der Waals surface area contributed by atoms with Crippen LogP contribution in [0.25, 0.3) is 5.69 Å². The number of carbonyl (C=O) groups is 1. The summed E-state index contributed by atoms with van der Waals surface area (Å²) in [6, 6.07) is 9.57. The zero-order valence-electron chi connectivity index (χ0n) is 9.64. The van der Waals surface area contributed by atoms with Crippen LogP contribution in [0.3, 0.4) is 0 Å². The Bertz CT molecular complexity index is 563. The van der Waals surface area contributed by atoms with Gasteiger partial charge in [-0.05, 0) is 12.1 Å². The zero-order valence-corrected chi connectivity index (χ0v) is 10.4. The molecule has 0 aliphatic carbocycles. The summed E-state index contributed by atoms with van der Waals surface area (Å²) in [5.41, 5.74) is 1.38. The van der Waals surface area contributed by atoms with Gasteiger partial charge in [0.15, 0.2) is 0 Å². The van der Waals surface area contributed by atoms with E-state index in [4.69, 9.17) is 11.6 Å². The van der Waals surface area contributed by atoms with Crippen molar-refractivity contribution in [2.75, 3.05) is 6.54 Å². The van der Waals surface area contributed by atoms with E-state index in [-0.39, 0.29) is 12.5 Å². The van der Waals surface area contributed by atoms with Gasteiger partial charge in [0.05, 0.1) is 24.0 Å². The van der Waals surface area contributed by atoms with Crippen molar-refractivity contribution < 1.29 is 4.79 Å². The molecule has 18 heavy (non-hydrogen) atoms. The summed E-state index contributed by atoms with van der Waals surface area (Å²) in [5.74, 6) is -0.223. The fourth-order valence-corrected chi connectivity index (χ4v) is 1.51. The lowest BCUT2D eigenvalue weighted by Crippen LogP contribution is -2.23. The van der Waals surface area contributed by atoms with Gasteiger partial charge in [-0.1, -0.05) is 36.4 Å². The molecule has 2 aromatic rings. The third-order valence-corrected chi connectivity index (χ3v) is 2.44. The summed E-state index contributed by atoms with van der Waals surface area (Å²) in [7, 11) is 0. The van der Waals surface area contributed by atoms with Crippen molar-refractivity contribution in [2.45, 2.75) is 0 Å². The average Bonchev–Trinajstić information content (AvgIpc) is 2.86. The number of benzene rings is 1. The average molecular weight is 262 g/mol. The van der Waals surface area contributed by atoms with Crippen LogP contribution in [0, 0.1) is 0 Å². The maximum absolute atomic E-state index is 11.7. The fourth-order valence-electron chi connectivity index (χ4n) is 1.44. The van der Waals surface area contributed by atoms with E-state index in [9.17, 15) is 4.79 Å². The lowest BCUT2D eigenvalue weighted by molar-refractivity contribution is 0.0957. The second-order valence-electron chi connectivity index (χ2n) is 3.71. The normalized spacial score (nSPS) is 10.1. The summed E-state index contributed by atoms with van der Waals surface area (Å²) >= 11 is 5.58. The highest BCUT2D eigenvalue weighted by molar-refractivity contribution is 6.29. The van der Waals surface area contributed by atoms with E-state index in [1.165, 1.54) is 6.20 Å². The molecule has 1 heterocycles. The Labute approximate surface area is 110 Å². The number of hydrogen-bond donors (Lipinski definition) is 1. The van der Waals surface area contributed by atoms with Crippen LogP contribution in [0.1, 0.15) is 10.4 Å². The van der Waals surface area contributed by atoms with E-state index in [1.807, 2.05) is 30.3 Å². The molecule has 0 aliphatic rings. The van der Waals surface area contributed by atoms with E-state index in [0.717, 1.165) is 5.69 Å². The molecule has 0 saturated heterocycles. The Morgan fingerprint density at radius 3 is 2.78 bits per heavy atom. The molecule has 0 fully saturated rings. The predicted molar refractivity (Wildman–Crippen MR) is 70.9 cm³/mol. The summed E-state index contributed by atoms with van der Waals surface area (Å²) in [6.45, 7) is 3.75. The van der Waals surface area contributed by atoms with Crippen LogP contribution < -0.4 is 5.32 Å². The first kappa shape index (κ1) is 12.4. The molecule has 2 rings (SSSR count). The molecule has 1 aromatic carbocycles. The summed E-state index contributed by atoms with van der Waals surface area (Å²) in [4.78, 5) is 11.7. The summed E-state index contributed by atoms with van der Waals surface area (Å²) < 4.78 is 1.64. The lowest BCUT2D eigenvalue weighted by Gasteiger charge is -2.01. The van der Waals surface area contributed by atoms with Gasteiger partial charge in [-0.2, -0.15) is 5.10 Å². The van der Waals surface area contributed by atoms with Gasteiger partial charge < -0.3 is 5.32 Å². The van der Waals surface area contributed by atoms with Crippen LogP contribution in [0.4, 0.5) is 0 Å². The summed E-state index contributed by atoms with van der Waals surface area (Å²) in [5, 5.41) is 7.16. The third kappa shape index (κ3) is 2.99. The monoisotopic (exact) mass is 261 g/mol. The van der Waals surface area contributed by atoms with Crippen LogP contribution in [-0.4, -0.2) is 22.2 Å².